The average Bonchev–Trinajstić information content (AvgIpc) is 2.50. The van der Waals surface area contributed by atoms with Gasteiger partial charge in [-0.25, -0.2) is 0 Å². The molecule has 0 saturated carbocycles. The van der Waals surface area contributed by atoms with Crippen molar-refractivity contribution in [2.75, 3.05) is 13.2 Å². The molecule has 0 heterocycles. The third kappa shape index (κ3) is 5.63. The van der Waals surface area contributed by atoms with Gasteiger partial charge in [-0.05, 0) is 70.2 Å². The summed E-state index contributed by atoms with van der Waals surface area (Å²) < 4.78 is 11.7. The van der Waals surface area contributed by atoms with Crippen LogP contribution in [0.1, 0.15) is 41.5 Å². The van der Waals surface area contributed by atoms with Gasteiger partial charge in [-0.3, -0.25) is 0 Å². The molecule has 0 spiro atoms. The van der Waals surface area contributed by atoms with E-state index in [1.165, 1.54) is 22.3 Å². The van der Waals surface area contributed by atoms with Gasteiger partial charge in [0.25, 0.3) is 0 Å². The minimum absolute atomic E-state index is 0.771. The standard InChI is InChI=1S/C21H28O2/c1-16-8-10-20(18(3)14-16)22-12-6-5-7-13-23-21-11-9-17(2)15-19(21)4/h8-11,14-15H,5-7,12-13H2,1-4H3. The molecule has 0 saturated heterocycles. The van der Waals surface area contributed by atoms with Crippen molar-refractivity contribution in [1.29, 1.82) is 0 Å². The Morgan fingerprint density at radius 1 is 0.609 bits per heavy atom. The van der Waals surface area contributed by atoms with Gasteiger partial charge in [0.1, 0.15) is 11.5 Å². The van der Waals surface area contributed by atoms with Crippen LogP contribution < -0.4 is 9.47 Å². The maximum atomic E-state index is 5.85. The number of hydrogen-bond donors (Lipinski definition) is 0. The Hall–Kier alpha value is -1.96. The molecule has 0 aliphatic carbocycles. The molecule has 2 rings (SSSR count). The summed E-state index contributed by atoms with van der Waals surface area (Å²) in [4.78, 5) is 0. The van der Waals surface area contributed by atoms with Gasteiger partial charge < -0.3 is 9.47 Å². The van der Waals surface area contributed by atoms with Gasteiger partial charge in [-0.15, -0.1) is 0 Å². The van der Waals surface area contributed by atoms with E-state index in [1.807, 2.05) is 0 Å². The smallest absolute Gasteiger partial charge is 0.122 e. The number of unbranched alkanes of at least 4 members (excludes halogenated alkanes) is 2. The lowest BCUT2D eigenvalue weighted by molar-refractivity contribution is 0.277. The molecule has 0 bridgehead atoms. The minimum Gasteiger partial charge on any atom is -0.493 e. The van der Waals surface area contributed by atoms with Crippen LogP contribution in [-0.4, -0.2) is 13.2 Å². The molecular weight excluding hydrogens is 284 g/mol. The maximum Gasteiger partial charge on any atom is 0.122 e. The summed E-state index contributed by atoms with van der Waals surface area (Å²) in [6.07, 6.45) is 3.24. The van der Waals surface area contributed by atoms with Gasteiger partial charge in [0.15, 0.2) is 0 Å². The first kappa shape index (κ1) is 17.4. The fourth-order valence-corrected chi connectivity index (χ4v) is 2.67. The predicted octanol–water partition coefficient (Wildman–Crippen LogP) is 5.55. The van der Waals surface area contributed by atoms with Crippen LogP contribution in [0.2, 0.25) is 0 Å². The zero-order valence-corrected chi connectivity index (χ0v) is 14.8. The van der Waals surface area contributed by atoms with Crippen LogP contribution in [-0.2, 0) is 0 Å². The maximum absolute atomic E-state index is 5.85. The van der Waals surface area contributed by atoms with E-state index < -0.39 is 0 Å². The lowest BCUT2D eigenvalue weighted by atomic mass is 10.1. The Balaban J connectivity index is 1.61. The Labute approximate surface area is 140 Å². The molecule has 0 aromatic heterocycles. The fraction of sp³-hybridized carbons (Fsp3) is 0.429. The number of benzene rings is 2. The third-order valence-electron chi connectivity index (χ3n) is 3.96. The highest BCUT2D eigenvalue weighted by Gasteiger charge is 2.01. The molecule has 2 aromatic carbocycles. The van der Waals surface area contributed by atoms with Gasteiger partial charge >= 0.3 is 0 Å². The monoisotopic (exact) mass is 312 g/mol. The SMILES string of the molecule is Cc1ccc(OCCCCCOc2ccc(C)cc2C)c(C)c1. The van der Waals surface area contributed by atoms with E-state index in [4.69, 9.17) is 9.47 Å². The number of aryl methyl sites for hydroxylation is 4. The van der Waals surface area contributed by atoms with Gasteiger partial charge in [-0.1, -0.05) is 35.4 Å². The summed E-state index contributed by atoms with van der Waals surface area (Å²) in [5.41, 5.74) is 4.98. The molecule has 0 amide bonds. The van der Waals surface area contributed by atoms with E-state index in [0.29, 0.717) is 0 Å². The molecule has 0 fully saturated rings. The molecule has 124 valence electrons. The molecule has 23 heavy (non-hydrogen) atoms. The molecule has 2 aromatic rings. The second kappa shape index (κ2) is 8.61. The van der Waals surface area contributed by atoms with Crippen molar-refractivity contribution in [2.45, 2.75) is 47.0 Å². The fourth-order valence-electron chi connectivity index (χ4n) is 2.67. The van der Waals surface area contributed by atoms with Crippen molar-refractivity contribution < 1.29 is 9.47 Å². The van der Waals surface area contributed by atoms with Crippen LogP contribution in [0.4, 0.5) is 0 Å². The highest BCUT2D eigenvalue weighted by atomic mass is 16.5. The van der Waals surface area contributed by atoms with E-state index in [0.717, 1.165) is 44.0 Å². The largest absolute Gasteiger partial charge is 0.493 e. The van der Waals surface area contributed by atoms with Gasteiger partial charge in [0.05, 0.1) is 13.2 Å². The predicted molar refractivity (Wildman–Crippen MR) is 96.7 cm³/mol. The molecule has 0 N–H and O–H groups in total. The highest BCUT2D eigenvalue weighted by Crippen LogP contribution is 2.20. The quantitative estimate of drug-likeness (QED) is 0.595. The molecule has 0 atom stereocenters. The summed E-state index contributed by atoms with van der Waals surface area (Å²) in [6.45, 7) is 9.94. The first-order valence-corrected chi connectivity index (χ1v) is 8.46. The third-order valence-corrected chi connectivity index (χ3v) is 3.96. The Bertz CT molecular complexity index is 576. The number of rotatable bonds is 8. The van der Waals surface area contributed by atoms with Crippen LogP contribution in [0.15, 0.2) is 36.4 Å². The van der Waals surface area contributed by atoms with Crippen LogP contribution >= 0.6 is 0 Å². The molecule has 0 radical (unpaired) electrons. The first-order chi connectivity index (χ1) is 11.1. The van der Waals surface area contributed by atoms with Crippen LogP contribution in [0.25, 0.3) is 0 Å². The molecule has 0 aliphatic rings. The Morgan fingerprint density at radius 3 is 1.43 bits per heavy atom. The summed E-state index contributed by atoms with van der Waals surface area (Å²) in [5, 5.41) is 0. The second-order valence-electron chi connectivity index (χ2n) is 6.30. The van der Waals surface area contributed by atoms with E-state index in [1.54, 1.807) is 0 Å². The van der Waals surface area contributed by atoms with Crippen molar-refractivity contribution in [3.8, 4) is 11.5 Å². The van der Waals surface area contributed by atoms with Crippen molar-refractivity contribution in [3.63, 3.8) is 0 Å². The summed E-state index contributed by atoms with van der Waals surface area (Å²) >= 11 is 0. The second-order valence-corrected chi connectivity index (χ2v) is 6.30. The molecule has 2 nitrogen and oxygen atoms in total. The van der Waals surface area contributed by atoms with Crippen LogP contribution in [0.5, 0.6) is 11.5 Å². The van der Waals surface area contributed by atoms with Crippen LogP contribution in [0.3, 0.4) is 0 Å². The number of ether oxygens (including phenoxy) is 2. The normalized spacial score (nSPS) is 10.6. The lowest BCUT2D eigenvalue weighted by Gasteiger charge is -2.11. The van der Waals surface area contributed by atoms with E-state index in [2.05, 4.69) is 64.1 Å². The van der Waals surface area contributed by atoms with Crippen molar-refractivity contribution >= 4 is 0 Å². The minimum atomic E-state index is 0.771. The zero-order chi connectivity index (χ0) is 16.7. The Kier molecular flexibility index (Phi) is 6.52. The van der Waals surface area contributed by atoms with E-state index >= 15 is 0 Å². The van der Waals surface area contributed by atoms with Crippen molar-refractivity contribution in [3.05, 3.63) is 58.7 Å². The number of hydrogen-bond acceptors (Lipinski definition) is 2. The zero-order valence-electron chi connectivity index (χ0n) is 14.8. The van der Waals surface area contributed by atoms with E-state index in [-0.39, 0.29) is 0 Å². The van der Waals surface area contributed by atoms with Crippen molar-refractivity contribution in [1.82, 2.24) is 0 Å². The van der Waals surface area contributed by atoms with Gasteiger partial charge in [-0.2, -0.15) is 0 Å². The topological polar surface area (TPSA) is 18.5 Å². The average molecular weight is 312 g/mol. The summed E-state index contributed by atoms with van der Waals surface area (Å²) in [6, 6.07) is 12.6. The van der Waals surface area contributed by atoms with Crippen LogP contribution in [0, 0.1) is 27.7 Å². The van der Waals surface area contributed by atoms with Gasteiger partial charge in [0, 0.05) is 0 Å². The van der Waals surface area contributed by atoms with Gasteiger partial charge in [0.2, 0.25) is 0 Å². The Morgan fingerprint density at radius 2 is 1.04 bits per heavy atom. The van der Waals surface area contributed by atoms with Crippen molar-refractivity contribution in [2.24, 2.45) is 0 Å². The molecule has 0 aliphatic heterocycles. The summed E-state index contributed by atoms with van der Waals surface area (Å²) in [5.74, 6) is 2.00. The highest BCUT2D eigenvalue weighted by molar-refractivity contribution is 5.36. The molecular formula is C21H28O2. The summed E-state index contributed by atoms with van der Waals surface area (Å²) in [7, 11) is 0. The molecule has 2 heteroatoms. The molecule has 0 unspecified atom stereocenters. The lowest BCUT2D eigenvalue weighted by Crippen LogP contribution is -2.02. The van der Waals surface area contributed by atoms with E-state index in [9.17, 15) is 0 Å². The first-order valence-electron chi connectivity index (χ1n) is 8.46.